The fourth-order valence-corrected chi connectivity index (χ4v) is 1.52. The van der Waals surface area contributed by atoms with Crippen molar-refractivity contribution < 1.29 is 9.84 Å². The topological polar surface area (TPSA) is 41.5 Å². The first kappa shape index (κ1) is 13.7. The Morgan fingerprint density at radius 1 is 1.56 bits per heavy atom. The van der Waals surface area contributed by atoms with Gasteiger partial charge in [0.2, 0.25) is 0 Å². The summed E-state index contributed by atoms with van der Waals surface area (Å²) in [5, 5.41) is 12.9. The van der Waals surface area contributed by atoms with Gasteiger partial charge in [0.05, 0.1) is 12.7 Å². The van der Waals surface area contributed by atoms with Crippen LogP contribution in [0.15, 0.2) is 12.7 Å². The number of aliphatic hydroxyl groups is 1. The van der Waals surface area contributed by atoms with E-state index in [2.05, 4.69) is 18.8 Å². The molecule has 94 valence electrons. The van der Waals surface area contributed by atoms with Crippen LogP contribution in [0.5, 0.6) is 0 Å². The van der Waals surface area contributed by atoms with Crippen LogP contribution in [-0.2, 0) is 4.74 Å². The Morgan fingerprint density at radius 2 is 2.31 bits per heavy atom. The van der Waals surface area contributed by atoms with Gasteiger partial charge in [0.15, 0.2) is 0 Å². The van der Waals surface area contributed by atoms with Gasteiger partial charge in [-0.15, -0.1) is 6.58 Å². The highest BCUT2D eigenvalue weighted by Crippen LogP contribution is 2.28. The number of hydrogen-bond acceptors (Lipinski definition) is 3. The highest BCUT2D eigenvalue weighted by Gasteiger charge is 2.21. The maximum atomic E-state index is 9.65. The molecule has 1 fully saturated rings. The summed E-state index contributed by atoms with van der Waals surface area (Å²) in [6.07, 6.45) is 6.22. The zero-order chi connectivity index (χ0) is 11.8. The van der Waals surface area contributed by atoms with Crippen LogP contribution in [0, 0.1) is 5.92 Å². The molecule has 0 radical (unpaired) electrons. The Hall–Kier alpha value is -0.380. The van der Waals surface area contributed by atoms with Gasteiger partial charge in [-0.3, -0.25) is 0 Å². The van der Waals surface area contributed by atoms with Crippen molar-refractivity contribution >= 4 is 0 Å². The third kappa shape index (κ3) is 6.99. The van der Waals surface area contributed by atoms with Crippen molar-refractivity contribution in [2.75, 3.05) is 19.8 Å². The minimum absolute atomic E-state index is 0.384. The lowest BCUT2D eigenvalue weighted by Crippen LogP contribution is -2.36. The molecule has 0 amide bonds. The molecule has 0 aromatic carbocycles. The van der Waals surface area contributed by atoms with E-state index in [0.717, 1.165) is 25.4 Å². The van der Waals surface area contributed by atoms with Crippen LogP contribution in [0.25, 0.3) is 0 Å². The van der Waals surface area contributed by atoms with Crippen LogP contribution in [0.4, 0.5) is 0 Å². The van der Waals surface area contributed by atoms with E-state index in [1.54, 1.807) is 0 Å². The van der Waals surface area contributed by atoms with E-state index in [-0.39, 0.29) is 6.10 Å². The SMILES string of the molecule is C=CCCC(C)NCC(O)COCC1CC1. The molecule has 3 nitrogen and oxygen atoms in total. The molecular weight excluding hydrogens is 202 g/mol. The molecule has 2 atom stereocenters. The Labute approximate surface area is 98.9 Å². The molecule has 0 bridgehead atoms. The van der Waals surface area contributed by atoms with Crippen molar-refractivity contribution in [1.82, 2.24) is 5.32 Å². The molecule has 0 saturated heterocycles. The van der Waals surface area contributed by atoms with Gasteiger partial charge in [0.1, 0.15) is 0 Å². The summed E-state index contributed by atoms with van der Waals surface area (Å²) in [5.41, 5.74) is 0. The van der Waals surface area contributed by atoms with Crippen LogP contribution in [0.1, 0.15) is 32.6 Å². The van der Waals surface area contributed by atoms with E-state index in [1.807, 2.05) is 6.08 Å². The van der Waals surface area contributed by atoms with Crippen LogP contribution in [-0.4, -0.2) is 37.0 Å². The smallest absolute Gasteiger partial charge is 0.0897 e. The van der Waals surface area contributed by atoms with E-state index in [1.165, 1.54) is 12.8 Å². The maximum absolute atomic E-state index is 9.65. The number of nitrogens with one attached hydrogen (secondary N) is 1. The largest absolute Gasteiger partial charge is 0.389 e. The van der Waals surface area contributed by atoms with Gasteiger partial charge in [-0.25, -0.2) is 0 Å². The molecule has 1 rings (SSSR count). The van der Waals surface area contributed by atoms with E-state index in [4.69, 9.17) is 4.74 Å². The summed E-state index contributed by atoms with van der Waals surface area (Å²) < 4.78 is 5.43. The van der Waals surface area contributed by atoms with E-state index in [9.17, 15) is 5.11 Å². The Kier molecular flexibility index (Phi) is 6.69. The molecule has 1 aliphatic rings. The minimum atomic E-state index is -0.384. The highest BCUT2D eigenvalue weighted by atomic mass is 16.5. The van der Waals surface area contributed by atoms with Gasteiger partial charge in [0, 0.05) is 19.2 Å². The van der Waals surface area contributed by atoms with Crippen molar-refractivity contribution in [2.45, 2.75) is 44.8 Å². The fourth-order valence-electron chi connectivity index (χ4n) is 1.52. The zero-order valence-corrected chi connectivity index (χ0v) is 10.3. The minimum Gasteiger partial charge on any atom is -0.389 e. The van der Waals surface area contributed by atoms with Crippen LogP contribution in [0.2, 0.25) is 0 Å². The third-order valence-corrected chi connectivity index (χ3v) is 2.87. The predicted octanol–water partition coefficient (Wildman–Crippen LogP) is 1.72. The van der Waals surface area contributed by atoms with Crippen molar-refractivity contribution in [1.29, 1.82) is 0 Å². The second-order valence-electron chi connectivity index (χ2n) is 4.81. The van der Waals surface area contributed by atoms with Gasteiger partial charge < -0.3 is 15.2 Å². The molecule has 2 unspecified atom stereocenters. The Morgan fingerprint density at radius 3 is 2.94 bits per heavy atom. The normalized spacial score (nSPS) is 19.4. The number of ether oxygens (including phenoxy) is 1. The summed E-state index contributed by atoms with van der Waals surface area (Å²) in [5.74, 6) is 0.770. The third-order valence-electron chi connectivity index (χ3n) is 2.87. The first-order chi connectivity index (χ1) is 7.72. The lowest BCUT2D eigenvalue weighted by molar-refractivity contribution is 0.0314. The van der Waals surface area contributed by atoms with Gasteiger partial charge in [-0.05, 0) is 38.5 Å². The van der Waals surface area contributed by atoms with Crippen LogP contribution in [0.3, 0.4) is 0 Å². The number of aliphatic hydroxyl groups excluding tert-OH is 1. The Bertz CT molecular complexity index is 192. The quantitative estimate of drug-likeness (QED) is 0.558. The van der Waals surface area contributed by atoms with Gasteiger partial charge in [-0.1, -0.05) is 6.08 Å². The predicted molar refractivity (Wildman–Crippen MR) is 66.4 cm³/mol. The van der Waals surface area contributed by atoms with Crippen LogP contribution < -0.4 is 5.32 Å². The summed E-state index contributed by atoms with van der Waals surface area (Å²) in [4.78, 5) is 0. The van der Waals surface area contributed by atoms with Gasteiger partial charge >= 0.3 is 0 Å². The second kappa shape index (κ2) is 7.82. The lowest BCUT2D eigenvalue weighted by Gasteiger charge is -2.16. The molecule has 0 aromatic heterocycles. The summed E-state index contributed by atoms with van der Waals surface area (Å²) in [6.45, 7) is 7.71. The lowest BCUT2D eigenvalue weighted by atomic mass is 10.2. The average Bonchev–Trinajstić information content (AvgIpc) is 3.07. The van der Waals surface area contributed by atoms with Crippen molar-refractivity contribution in [2.24, 2.45) is 5.92 Å². The molecule has 2 N–H and O–H groups in total. The van der Waals surface area contributed by atoms with Gasteiger partial charge in [0.25, 0.3) is 0 Å². The molecule has 1 aliphatic carbocycles. The van der Waals surface area contributed by atoms with Gasteiger partial charge in [-0.2, -0.15) is 0 Å². The summed E-state index contributed by atoms with van der Waals surface area (Å²) in [7, 11) is 0. The fraction of sp³-hybridized carbons (Fsp3) is 0.846. The molecule has 3 heteroatoms. The molecule has 0 aliphatic heterocycles. The summed E-state index contributed by atoms with van der Waals surface area (Å²) in [6, 6.07) is 0.427. The van der Waals surface area contributed by atoms with E-state index < -0.39 is 0 Å². The number of rotatable bonds is 10. The van der Waals surface area contributed by atoms with Crippen molar-refractivity contribution in [3.8, 4) is 0 Å². The average molecular weight is 227 g/mol. The van der Waals surface area contributed by atoms with Crippen molar-refractivity contribution in [3.05, 3.63) is 12.7 Å². The second-order valence-corrected chi connectivity index (χ2v) is 4.81. The molecule has 0 spiro atoms. The van der Waals surface area contributed by atoms with E-state index in [0.29, 0.717) is 19.2 Å². The molecular formula is C13H25NO2. The molecule has 0 heterocycles. The van der Waals surface area contributed by atoms with Crippen LogP contribution >= 0.6 is 0 Å². The standard InChI is InChI=1S/C13H25NO2/c1-3-4-5-11(2)14-8-13(15)10-16-9-12-6-7-12/h3,11-15H,1,4-10H2,2H3. The number of allylic oxidation sites excluding steroid dienone is 1. The molecule has 0 aromatic rings. The highest BCUT2D eigenvalue weighted by molar-refractivity contribution is 4.73. The first-order valence-electron chi connectivity index (χ1n) is 6.32. The maximum Gasteiger partial charge on any atom is 0.0897 e. The monoisotopic (exact) mass is 227 g/mol. The van der Waals surface area contributed by atoms with E-state index >= 15 is 0 Å². The molecule has 1 saturated carbocycles. The first-order valence-corrected chi connectivity index (χ1v) is 6.32. The number of hydrogen-bond donors (Lipinski definition) is 2. The molecule has 16 heavy (non-hydrogen) atoms. The zero-order valence-electron chi connectivity index (χ0n) is 10.3. The summed E-state index contributed by atoms with van der Waals surface area (Å²) >= 11 is 0. The Balaban J connectivity index is 1.90. The van der Waals surface area contributed by atoms with Crippen molar-refractivity contribution in [3.63, 3.8) is 0 Å².